The summed E-state index contributed by atoms with van der Waals surface area (Å²) in [6.07, 6.45) is 7.73. The second-order valence-corrected chi connectivity index (χ2v) is 11.9. The molecular formula is C30H39N3O2. The summed E-state index contributed by atoms with van der Waals surface area (Å²) in [5, 5.41) is 11.1. The average molecular weight is 474 g/mol. The van der Waals surface area contributed by atoms with E-state index >= 15 is 0 Å². The van der Waals surface area contributed by atoms with Gasteiger partial charge in [0.2, 0.25) is 0 Å². The molecule has 5 nitrogen and oxygen atoms in total. The minimum Gasteiger partial charge on any atom is -0.388 e. The molecule has 2 amide bonds. The Morgan fingerprint density at radius 3 is 2.11 bits per heavy atom. The molecule has 6 rings (SSSR count). The molecule has 35 heavy (non-hydrogen) atoms. The summed E-state index contributed by atoms with van der Waals surface area (Å²) in [4.78, 5) is 20.6. The maximum Gasteiger partial charge on any atom is 0.320 e. The van der Waals surface area contributed by atoms with Crippen LogP contribution in [0.25, 0.3) is 0 Å². The van der Waals surface area contributed by atoms with Crippen molar-refractivity contribution in [3.05, 3.63) is 71.8 Å². The van der Waals surface area contributed by atoms with Gasteiger partial charge in [0.1, 0.15) is 0 Å². The molecule has 1 aliphatic heterocycles. The molecule has 0 radical (unpaired) electrons. The molecule has 3 saturated carbocycles. The van der Waals surface area contributed by atoms with Crippen LogP contribution in [0.2, 0.25) is 0 Å². The lowest BCUT2D eigenvalue weighted by Crippen LogP contribution is -2.59. The van der Waals surface area contributed by atoms with Crippen LogP contribution in [0.1, 0.15) is 68.4 Å². The highest BCUT2D eigenvalue weighted by Gasteiger charge is 2.60. The van der Waals surface area contributed by atoms with Crippen molar-refractivity contribution in [3.63, 3.8) is 0 Å². The Morgan fingerprint density at radius 2 is 1.54 bits per heavy atom. The number of hydrogen-bond donors (Lipinski definition) is 1. The van der Waals surface area contributed by atoms with Crippen molar-refractivity contribution < 1.29 is 9.90 Å². The van der Waals surface area contributed by atoms with E-state index in [1.807, 2.05) is 0 Å². The largest absolute Gasteiger partial charge is 0.388 e. The minimum atomic E-state index is -0.698. The zero-order valence-electron chi connectivity index (χ0n) is 21.2. The van der Waals surface area contributed by atoms with Crippen molar-refractivity contribution in [1.82, 2.24) is 14.7 Å². The van der Waals surface area contributed by atoms with Gasteiger partial charge in [-0.1, -0.05) is 60.7 Å². The van der Waals surface area contributed by atoms with E-state index in [0.29, 0.717) is 12.5 Å². The zero-order chi connectivity index (χ0) is 24.3. The van der Waals surface area contributed by atoms with E-state index in [1.165, 1.54) is 11.1 Å². The van der Waals surface area contributed by atoms with E-state index in [1.54, 1.807) is 0 Å². The molecule has 5 heteroatoms. The van der Waals surface area contributed by atoms with Crippen LogP contribution in [-0.2, 0) is 5.54 Å². The molecule has 2 atom stereocenters. The monoisotopic (exact) mass is 473 g/mol. The predicted molar refractivity (Wildman–Crippen MR) is 138 cm³/mol. The van der Waals surface area contributed by atoms with Gasteiger partial charge >= 0.3 is 6.03 Å². The van der Waals surface area contributed by atoms with Gasteiger partial charge in [-0.3, -0.25) is 4.90 Å². The highest BCUT2D eigenvalue weighted by atomic mass is 16.3. The fourth-order valence-electron chi connectivity index (χ4n) is 7.24. The van der Waals surface area contributed by atoms with E-state index in [-0.39, 0.29) is 23.2 Å². The van der Waals surface area contributed by atoms with E-state index in [0.717, 1.165) is 57.9 Å². The topological polar surface area (TPSA) is 47.0 Å². The van der Waals surface area contributed by atoms with Gasteiger partial charge in [0.15, 0.2) is 0 Å². The van der Waals surface area contributed by atoms with Gasteiger partial charge in [-0.15, -0.1) is 0 Å². The van der Waals surface area contributed by atoms with Gasteiger partial charge in [0.05, 0.1) is 17.7 Å². The Hall–Kier alpha value is -2.37. The molecule has 1 spiro atoms. The Balaban J connectivity index is 1.27. The fraction of sp³-hybridized carbons (Fsp3) is 0.567. The first kappa shape index (κ1) is 23.1. The predicted octanol–water partition coefficient (Wildman–Crippen LogP) is 4.97. The normalized spacial score (nSPS) is 33.9. The molecule has 1 saturated heterocycles. The highest BCUT2D eigenvalue weighted by molar-refractivity contribution is 5.79. The summed E-state index contributed by atoms with van der Waals surface area (Å²) in [5.74, 6) is 0.442. The average Bonchev–Trinajstić information content (AvgIpc) is 3.62. The summed E-state index contributed by atoms with van der Waals surface area (Å²) >= 11 is 0. The van der Waals surface area contributed by atoms with Crippen molar-refractivity contribution in [2.24, 2.45) is 0 Å². The maximum atomic E-state index is 14.0. The van der Waals surface area contributed by atoms with Crippen LogP contribution in [0.5, 0.6) is 0 Å². The summed E-state index contributed by atoms with van der Waals surface area (Å²) < 4.78 is 0. The summed E-state index contributed by atoms with van der Waals surface area (Å²) in [5.41, 5.74) is 1.83. The van der Waals surface area contributed by atoms with Crippen molar-refractivity contribution >= 4 is 6.03 Å². The Labute approximate surface area is 209 Å². The molecule has 1 heterocycles. The van der Waals surface area contributed by atoms with Crippen molar-refractivity contribution in [1.29, 1.82) is 0 Å². The van der Waals surface area contributed by atoms with Crippen LogP contribution >= 0.6 is 0 Å². The number of aliphatic hydroxyl groups is 1. The van der Waals surface area contributed by atoms with Gasteiger partial charge in [-0.25, -0.2) is 4.79 Å². The fourth-order valence-corrected chi connectivity index (χ4v) is 7.24. The number of hydrogen-bond acceptors (Lipinski definition) is 3. The molecule has 0 bridgehead atoms. The van der Waals surface area contributed by atoms with Gasteiger partial charge in [-0.05, 0) is 76.6 Å². The van der Waals surface area contributed by atoms with Crippen LogP contribution in [0.15, 0.2) is 60.7 Å². The van der Waals surface area contributed by atoms with E-state index in [2.05, 4.69) is 89.5 Å². The van der Waals surface area contributed by atoms with Crippen LogP contribution < -0.4 is 0 Å². The lowest BCUT2D eigenvalue weighted by atomic mass is 9.67. The van der Waals surface area contributed by atoms with Gasteiger partial charge in [0.25, 0.3) is 0 Å². The van der Waals surface area contributed by atoms with Crippen molar-refractivity contribution in [3.8, 4) is 0 Å². The van der Waals surface area contributed by atoms with Crippen LogP contribution in [0.4, 0.5) is 4.79 Å². The molecule has 0 aromatic heterocycles. The Kier molecular flexibility index (Phi) is 5.50. The number of rotatable bonds is 6. The van der Waals surface area contributed by atoms with Crippen molar-refractivity contribution in [2.75, 3.05) is 27.2 Å². The number of nitrogens with zero attached hydrogens (tertiary/aromatic N) is 3. The van der Waals surface area contributed by atoms with Crippen LogP contribution in [-0.4, -0.2) is 70.2 Å². The van der Waals surface area contributed by atoms with Gasteiger partial charge in [-0.2, -0.15) is 0 Å². The SMILES string of the molecule is CN(C)C1(c2ccccc2)CCC2(CC1)CN([C@@H]1C[C@@H]1c1ccccc1)C(=O)N2CC1(O)CCC1. The van der Waals surface area contributed by atoms with E-state index < -0.39 is 5.60 Å². The third kappa shape index (κ3) is 3.79. The number of urea groups is 1. The molecule has 3 aliphatic carbocycles. The number of β-amino-alcohol motifs (C(OH)–C–C–N with tert-alkyl or cyclic N) is 1. The molecule has 186 valence electrons. The number of benzene rings is 2. The maximum absolute atomic E-state index is 14.0. The first-order chi connectivity index (χ1) is 16.9. The summed E-state index contributed by atoms with van der Waals surface area (Å²) in [6, 6.07) is 22.0. The first-order valence-electron chi connectivity index (χ1n) is 13.4. The Morgan fingerprint density at radius 1 is 0.914 bits per heavy atom. The van der Waals surface area contributed by atoms with Crippen LogP contribution in [0, 0.1) is 0 Å². The Bertz CT molecular complexity index is 1060. The molecule has 4 fully saturated rings. The first-order valence-corrected chi connectivity index (χ1v) is 13.4. The molecule has 2 aromatic carbocycles. The third-order valence-electron chi connectivity index (χ3n) is 9.81. The van der Waals surface area contributed by atoms with Crippen molar-refractivity contribution in [2.45, 2.75) is 80.0 Å². The lowest BCUT2D eigenvalue weighted by molar-refractivity contribution is -0.0725. The lowest BCUT2D eigenvalue weighted by Gasteiger charge is -2.52. The molecule has 4 aliphatic rings. The molecule has 0 unspecified atom stereocenters. The van der Waals surface area contributed by atoms with Gasteiger partial charge < -0.3 is 14.9 Å². The minimum absolute atomic E-state index is 0.00578. The number of carbonyl (C=O) groups is 1. The third-order valence-corrected chi connectivity index (χ3v) is 9.81. The second-order valence-electron chi connectivity index (χ2n) is 11.9. The van der Waals surface area contributed by atoms with Gasteiger partial charge in [0, 0.05) is 24.0 Å². The highest BCUT2D eigenvalue weighted by Crippen LogP contribution is 2.53. The zero-order valence-corrected chi connectivity index (χ0v) is 21.2. The smallest absolute Gasteiger partial charge is 0.320 e. The standard InChI is InChI=1S/C30H39N3O2/c1-31(2)30(24-12-7-4-8-13-24)18-16-28(17-19-30)21-32(26-20-25(26)23-10-5-3-6-11-23)27(34)33(28)22-29(35)14-9-15-29/h3-8,10-13,25-26,35H,9,14-22H2,1-2H3/t25-,26-,28?,30?/m1/s1. The van der Waals surface area contributed by atoms with E-state index in [4.69, 9.17) is 0 Å². The second kappa shape index (κ2) is 8.35. The quantitative estimate of drug-likeness (QED) is 0.645. The number of carbonyl (C=O) groups excluding carboxylic acids is 1. The molecule has 1 N–H and O–H groups in total. The van der Waals surface area contributed by atoms with E-state index in [9.17, 15) is 9.90 Å². The molecule has 2 aromatic rings. The van der Waals surface area contributed by atoms with Crippen LogP contribution in [0.3, 0.4) is 0 Å². The molecular weight excluding hydrogens is 434 g/mol. The number of amides is 2. The summed E-state index contributed by atoms with van der Waals surface area (Å²) in [7, 11) is 4.39. The summed E-state index contributed by atoms with van der Waals surface area (Å²) in [6.45, 7) is 1.29.